The standard InChI is InChI=1S/C15H23N3O/c1-3-16-11-13-4-5-14(10-12(13)2)18-8-6-15(19)17-7-9-18/h4-5,10,16H,3,6-9,11H2,1-2H3,(H,17,19). The summed E-state index contributed by atoms with van der Waals surface area (Å²) in [5.74, 6) is 0.156. The Balaban J connectivity index is 2.08. The summed E-state index contributed by atoms with van der Waals surface area (Å²) in [6.45, 7) is 8.60. The Labute approximate surface area is 115 Å². The van der Waals surface area contributed by atoms with Gasteiger partial charge in [-0.3, -0.25) is 4.79 Å². The highest BCUT2D eigenvalue weighted by Gasteiger charge is 2.14. The van der Waals surface area contributed by atoms with Gasteiger partial charge in [-0.05, 0) is 36.7 Å². The molecule has 0 atom stereocenters. The van der Waals surface area contributed by atoms with E-state index in [4.69, 9.17) is 0 Å². The molecule has 1 aliphatic rings. The summed E-state index contributed by atoms with van der Waals surface area (Å²) in [5, 5.41) is 6.26. The van der Waals surface area contributed by atoms with Gasteiger partial charge in [0.15, 0.2) is 0 Å². The number of nitrogens with zero attached hydrogens (tertiary/aromatic N) is 1. The first-order valence-corrected chi connectivity index (χ1v) is 7.02. The second-order valence-electron chi connectivity index (χ2n) is 4.98. The van der Waals surface area contributed by atoms with Gasteiger partial charge in [-0.1, -0.05) is 13.0 Å². The van der Waals surface area contributed by atoms with E-state index in [0.29, 0.717) is 6.42 Å². The average Bonchev–Trinajstić information content (AvgIpc) is 2.62. The van der Waals surface area contributed by atoms with Crippen LogP contribution in [0.1, 0.15) is 24.5 Å². The highest BCUT2D eigenvalue weighted by molar-refractivity contribution is 5.77. The summed E-state index contributed by atoms with van der Waals surface area (Å²) in [4.78, 5) is 13.6. The second-order valence-corrected chi connectivity index (χ2v) is 4.98. The number of hydrogen-bond donors (Lipinski definition) is 2. The van der Waals surface area contributed by atoms with Gasteiger partial charge in [-0.25, -0.2) is 0 Å². The van der Waals surface area contributed by atoms with E-state index >= 15 is 0 Å². The van der Waals surface area contributed by atoms with Gasteiger partial charge < -0.3 is 15.5 Å². The zero-order chi connectivity index (χ0) is 13.7. The fraction of sp³-hybridized carbons (Fsp3) is 0.533. The van der Waals surface area contributed by atoms with E-state index in [1.165, 1.54) is 16.8 Å². The Morgan fingerprint density at radius 1 is 1.37 bits per heavy atom. The van der Waals surface area contributed by atoms with Gasteiger partial charge in [0.1, 0.15) is 0 Å². The summed E-state index contributed by atoms with van der Waals surface area (Å²) < 4.78 is 0. The fourth-order valence-electron chi connectivity index (χ4n) is 2.36. The normalized spacial score (nSPS) is 16.1. The molecule has 4 heteroatoms. The van der Waals surface area contributed by atoms with Crippen molar-refractivity contribution in [1.29, 1.82) is 0 Å². The van der Waals surface area contributed by atoms with Crippen molar-refractivity contribution in [3.63, 3.8) is 0 Å². The van der Waals surface area contributed by atoms with Crippen LogP contribution in [0.2, 0.25) is 0 Å². The van der Waals surface area contributed by atoms with Crippen molar-refractivity contribution in [2.45, 2.75) is 26.8 Å². The first-order valence-electron chi connectivity index (χ1n) is 7.02. The summed E-state index contributed by atoms with van der Waals surface area (Å²) >= 11 is 0. The summed E-state index contributed by atoms with van der Waals surface area (Å²) in [7, 11) is 0. The number of nitrogens with one attached hydrogen (secondary N) is 2. The number of carbonyl (C=O) groups excluding carboxylic acids is 1. The molecule has 0 radical (unpaired) electrons. The number of rotatable bonds is 4. The van der Waals surface area contributed by atoms with Crippen molar-refractivity contribution < 1.29 is 4.79 Å². The molecule has 104 valence electrons. The smallest absolute Gasteiger partial charge is 0.221 e. The highest BCUT2D eigenvalue weighted by atomic mass is 16.1. The Morgan fingerprint density at radius 2 is 2.21 bits per heavy atom. The molecular weight excluding hydrogens is 238 g/mol. The molecule has 1 fully saturated rings. The number of aryl methyl sites for hydroxylation is 1. The van der Waals surface area contributed by atoms with Crippen LogP contribution in [0.5, 0.6) is 0 Å². The van der Waals surface area contributed by atoms with Gasteiger partial charge in [0.2, 0.25) is 5.91 Å². The third-order valence-electron chi connectivity index (χ3n) is 3.57. The van der Waals surface area contributed by atoms with Crippen LogP contribution in [0.3, 0.4) is 0 Å². The molecule has 0 unspecified atom stereocenters. The minimum Gasteiger partial charge on any atom is -0.369 e. The first kappa shape index (κ1) is 13.9. The molecule has 1 aromatic carbocycles. The van der Waals surface area contributed by atoms with Crippen molar-refractivity contribution in [3.05, 3.63) is 29.3 Å². The molecule has 2 N–H and O–H groups in total. The van der Waals surface area contributed by atoms with E-state index in [0.717, 1.165) is 32.7 Å². The molecule has 0 bridgehead atoms. The first-order chi connectivity index (χ1) is 9.20. The molecule has 0 saturated carbocycles. The van der Waals surface area contributed by atoms with Crippen molar-refractivity contribution in [1.82, 2.24) is 10.6 Å². The van der Waals surface area contributed by atoms with E-state index in [2.05, 4.69) is 47.6 Å². The van der Waals surface area contributed by atoms with Gasteiger partial charge in [-0.2, -0.15) is 0 Å². The van der Waals surface area contributed by atoms with Gasteiger partial charge in [-0.15, -0.1) is 0 Å². The predicted octanol–water partition coefficient (Wildman–Crippen LogP) is 1.43. The molecule has 1 aromatic rings. The van der Waals surface area contributed by atoms with Crippen molar-refractivity contribution in [3.8, 4) is 0 Å². The molecule has 0 spiro atoms. The topological polar surface area (TPSA) is 44.4 Å². The molecule has 19 heavy (non-hydrogen) atoms. The van der Waals surface area contributed by atoms with Crippen molar-refractivity contribution in [2.75, 3.05) is 31.1 Å². The maximum Gasteiger partial charge on any atom is 0.221 e. The van der Waals surface area contributed by atoms with E-state index < -0.39 is 0 Å². The van der Waals surface area contributed by atoms with Crippen LogP contribution in [0, 0.1) is 6.92 Å². The lowest BCUT2D eigenvalue weighted by molar-refractivity contribution is -0.120. The number of carbonyl (C=O) groups is 1. The molecule has 0 aliphatic carbocycles. The molecule has 1 aliphatic heterocycles. The van der Waals surface area contributed by atoms with Gasteiger partial charge in [0, 0.05) is 38.3 Å². The van der Waals surface area contributed by atoms with Gasteiger partial charge >= 0.3 is 0 Å². The zero-order valence-electron chi connectivity index (χ0n) is 11.8. The third-order valence-corrected chi connectivity index (χ3v) is 3.57. The lowest BCUT2D eigenvalue weighted by Crippen LogP contribution is -2.28. The minimum absolute atomic E-state index is 0.156. The average molecular weight is 261 g/mol. The lowest BCUT2D eigenvalue weighted by atomic mass is 10.1. The van der Waals surface area contributed by atoms with Crippen LogP contribution in [0.25, 0.3) is 0 Å². The number of hydrogen-bond acceptors (Lipinski definition) is 3. The monoisotopic (exact) mass is 261 g/mol. The van der Waals surface area contributed by atoms with Crippen LogP contribution >= 0.6 is 0 Å². The Morgan fingerprint density at radius 3 is 2.95 bits per heavy atom. The van der Waals surface area contributed by atoms with E-state index in [9.17, 15) is 4.79 Å². The SMILES string of the molecule is CCNCc1ccc(N2CCNC(=O)CC2)cc1C. The van der Waals surface area contributed by atoms with Crippen LogP contribution < -0.4 is 15.5 Å². The molecule has 1 saturated heterocycles. The lowest BCUT2D eigenvalue weighted by Gasteiger charge is -2.23. The number of anilines is 1. The van der Waals surface area contributed by atoms with Crippen LogP contribution in [0.4, 0.5) is 5.69 Å². The van der Waals surface area contributed by atoms with Crippen LogP contribution in [-0.2, 0) is 11.3 Å². The highest BCUT2D eigenvalue weighted by Crippen LogP contribution is 2.20. The molecular formula is C15H23N3O. The zero-order valence-corrected chi connectivity index (χ0v) is 11.8. The predicted molar refractivity (Wildman–Crippen MR) is 78.4 cm³/mol. The van der Waals surface area contributed by atoms with E-state index in [1.807, 2.05) is 0 Å². The Hall–Kier alpha value is -1.55. The Kier molecular flexibility index (Phi) is 4.80. The second kappa shape index (κ2) is 6.57. The van der Waals surface area contributed by atoms with Crippen LogP contribution in [-0.4, -0.2) is 32.1 Å². The molecule has 1 heterocycles. The maximum absolute atomic E-state index is 11.4. The van der Waals surface area contributed by atoms with Crippen LogP contribution in [0.15, 0.2) is 18.2 Å². The molecule has 1 amide bonds. The van der Waals surface area contributed by atoms with Gasteiger partial charge in [0.25, 0.3) is 0 Å². The quantitative estimate of drug-likeness (QED) is 0.862. The maximum atomic E-state index is 11.4. The minimum atomic E-state index is 0.156. The number of amides is 1. The fourth-order valence-corrected chi connectivity index (χ4v) is 2.36. The van der Waals surface area contributed by atoms with E-state index in [1.54, 1.807) is 0 Å². The summed E-state index contributed by atoms with van der Waals surface area (Å²) in [6, 6.07) is 6.57. The van der Waals surface area contributed by atoms with Crippen molar-refractivity contribution in [2.24, 2.45) is 0 Å². The molecule has 0 aromatic heterocycles. The molecule has 4 nitrogen and oxygen atoms in total. The van der Waals surface area contributed by atoms with Crippen molar-refractivity contribution >= 4 is 11.6 Å². The number of benzene rings is 1. The summed E-state index contributed by atoms with van der Waals surface area (Å²) in [6.07, 6.45) is 0.582. The molecule has 2 rings (SSSR count). The Bertz CT molecular complexity index is 445. The van der Waals surface area contributed by atoms with E-state index in [-0.39, 0.29) is 5.91 Å². The third kappa shape index (κ3) is 3.70. The summed E-state index contributed by atoms with van der Waals surface area (Å²) in [5.41, 5.74) is 3.87. The van der Waals surface area contributed by atoms with Gasteiger partial charge in [0.05, 0.1) is 0 Å². The largest absolute Gasteiger partial charge is 0.369 e.